The summed E-state index contributed by atoms with van der Waals surface area (Å²) in [5.74, 6) is 1.88. The van der Waals surface area contributed by atoms with E-state index in [0.717, 1.165) is 11.8 Å². The lowest BCUT2D eigenvalue weighted by atomic mass is 9.97. The molecule has 1 aliphatic carbocycles. The fraction of sp³-hybridized carbons (Fsp3) is 1.00. The summed E-state index contributed by atoms with van der Waals surface area (Å²) in [5, 5.41) is 7.20. The molecule has 0 radical (unpaired) electrons. The van der Waals surface area contributed by atoms with Gasteiger partial charge < -0.3 is 10.6 Å². The van der Waals surface area contributed by atoms with Gasteiger partial charge in [-0.3, -0.25) is 0 Å². The van der Waals surface area contributed by atoms with Crippen LogP contribution in [0.25, 0.3) is 0 Å². The Morgan fingerprint density at radius 1 is 0.941 bits per heavy atom. The third-order valence-corrected chi connectivity index (χ3v) is 3.77. The summed E-state index contributed by atoms with van der Waals surface area (Å²) in [7, 11) is 0. The molecule has 1 saturated carbocycles. The van der Waals surface area contributed by atoms with Gasteiger partial charge in [0.05, 0.1) is 0 Å². The van der Waals surface area contributed by atoms with Crippen LogP contribution in [0.4, 0.5) is 0 Å². The topological polar surface area (TPSA) is 24.1 Å². The first-order valence-electron chi connectivity index (χ1n) is 7.46. The minimum absolute atomic E-state index is 0.616. The summed E-state index contributed by atoms with van der Waals surface area (Å²) >= 11 is 0. The zero-order valence-corrected chi connectivity index (χ0v) is 12.4. The molecule has 0 aromatic rings. The minimum atomic E-state index is 0.616. The van der Waals surface area contributed by atoms with Crippen LogP contribution in [0.2, 0.25) is 0 Å². The molecule has 0 aliphatic heterocycles. The van der Waals surface area contributed by atoms with E-state index in [0.29, 0.717) is 18.1 Å². The standard InChI is InChI=1S/C15H32N2/c1-11(2)16-10-15-7-6-14(9-15)8-13(5)17-12(3)4/h11-17H,6-10H2,1-5H3. The normalized spacial score (nSPS) is 27.0. The molecule has 3 unspecified atom stereocenters. The molecule has 102 valence electrons. The third kappa shape index (κ3) is 6.42. The molecular formula is C15H32N2. The number of hydrogen-bond donors (Lipinski definition) is 2. The molecule has 1 rings (SSSR count). The molecule has 1 aliphatic rings. The van der Waals surface area contributed by atoms with E-state index in [1.165, 1.54) is 32.2 Å². The highest BCUT2D eigenvalue weighted by atomic mass is 14.9. The predicted octanol–water partition coefficient (Wildman–Crippen LogP) is 3.18. The van der Waals surface area contributed by atoms with E-state index in [9.17, 15) is 0 Å². The SMILES string of the molecule is CC(C)NCC1CCC(CC(C)NC(C)C)C1. The van der Waals surface area contributed by atoms with Crippen LogP contribution in [0.1, 0.15) is 60.3 Å². The maximum Gasteiger partial charge on any atom is 0.00437 e. The van der Waals surface area contributed by atoms with E-state index >= 15 is 0 Å². The quantitative estimate of drug-likeness (QED) is 0.714. The largest absolute Gasteiger partial charge is 0.314 e. The van der Waals surface area contributed by atoms with E-state index in [2.05, 4.69) is 45.3 Å². The highest BCUT2D eigenvalue weighted by Crippen LogP contribution is 2.33. The number of rotatable bonds is 7. The molecule has 0 bridgehead atoms. The predicted molar refractivity (Wildman–Crippen MR) is 76.3 cm³/mol. The van der Waals surface area contributed by atoms with Crippen molar-refractivity contribution >= 4 is 0 Å². The van der Waals surface area contributed by atoms with Crippen LogP contribution in [0.3, 0.4) is 0 Å². The average molecular weight is 240 g/mol. The summed E-state index contributed by atoms with van der Waals surface area (Å²) in [5.41, 5.74) is 0. The Hall–Kier alpha value is -0.0800. The highest BCUT2D eigenvalue weighted by Gasteiger charge is 2.25. The summed E-state index contributed by atoms with van der Waals surface area (Å²) in [6.45, 7) is 12.5. The summed E-state index contributed by atoms with van der Waals surface area (Å²) in [4.78, 5) is 0. The maximum absolute atomic E-state index is 3.62. The lowest BCUT2D eigenvalue weighted by molar-refractivity contribution is 0.369. The van der Waals surface area contributed by atoms with Gasteiger partial charge in [0, 0.05) is 18.1 Å². The summed E-state index contributed by atoms with van der Waals surface area (Å²) in [6, 6.07) is 1.93. The van der Waals surface area contributed by atoms with E-state index < -0.39 is 0 Å². The van der Waals surface area contributed by atoms with Crippen molar-refractivity contribution in [1.82, 2.24) is 10.6 Å². The molecule has 0 spiro atoms. The monoisotopic (exact) mass is 240 g/mol. The second kappa shape index (κ2) is 7.38. The van der Waals surface area contributed by atoms with Crippen LogP contribution in [-0.2, 0) is 0 Å². The van der Waals surface area contributed by atoms with Gasteiger partial charge in [0.25, 0.3) is 0 Å². The molecule has 2 nitrogen and oxygen atoms in total. The minimum Gasteiger partial charge on any atom is -0.314 e. The van der Waals surface area contributed by atoms with Gasteiger partial charge in [-0.15, -0.1) is 0 Å². The van der Waals surface area contributed by atoms with Crippen molar-refractivity contribution in [2.75, 3.05) is 6.54 Å². The fourth-order valence-electron chi connectivity index (χ4n) is 3.12. The molecule has 0 aromatic heterocycles. The van der Waals surface area contributed by atoms with Gasteiger partial charge in [-0.05, 0) is 44.6 Å². The Labute approximate surface area is 108 Å². The molecule has 1 fully saturated rings. The Balaban J connectivity index is 2.16. The molecule has 0 heterocycles. The van der Waals surface area contributed by atoms with E-state index in [1.54, 1.807) is 0 Å². The van der Waals surface area contributed by atoms with Crippen molar-refractivity contribution < 1.29 is 0 Å². The first kappa shape index (κ1) is 15.0. The van der Waals surface area contributed by atoms with E-state index in [-0.39, 0.29) is 0 Å². The molecule has 0 amide bonds. The van der Waals surface area contributed by atoms with Crippen molar-refractivity contribution in [1.29, 1.82) is 0 Å². The molecular weight excluding hydrogens is 208 g/mol. The van der Waals surface area contributed by atoms with Crippen LogP contribution in [0.5, 0.6) is 0 Å². The molecule has 17 heavy (non-hydrogen) atoms. The maximum atomic E-state index is 3.62. The Morgan fingerprint density at radius 3 is 2.18 bits per heavy atom. The lowest BCUT2D eigenvalue weighted by Crippen LogP contribution is -2.33. The van der Waals surface area contributed by atoms with Gasteiger partial charge in [-0.2, -0.15) is 0 Å². The van der Waals surface area contributed by atoms with Crippen molar-refractivity contribution in [2.24, 2.45) is 11.8 Å². The second-order valence-corrected chi connectivity index (χ2v) is 6.57. The van der Waals surface area contributed by atoms with Crippen molar-refractivity contribution in [3.8, 4) is 0 Å². The van der Waals surface area contributed by atoms with Crippen molar-refractivity contribution in [3.05, 3.63) is 0 Å². The van der Waals surface area contributed by atoms with Gasteiger partial charge in [-0.1, -0.05) is 34.1 Å². The summed E-state index contributed by atoms with van der Waals surface area (Å²) in [6.07, 6.45) is 5.66. The van der Waals surface area contributed by atoms with Gasteiger partial charge in [0.15, 0.2) is 0 Å². The average Bonchev–Trinajstić information content (AvgIpc) is 2.61. The number of hydrogen-bond acceptors (Lipinski definition) is 2. The van der Waals surface area contributed by atoms with Gasteiger partial charge in [0.1, 0.15) is 0 Å². The lowest BCUT2D eigenvalue weighted by Gasteiger charge is -2.20. The highest BCUT2D eigenvalue weighted by molar-refractivity contribution is 4.80. The van der Waals surface area contributed by atoms with Crippen LogP contribution in [0.15, 0.2) is 0 Å². The molecule has 2 N–H and O–H groups in total. The van der Waals surface area contributed by atoms with Crippen molar-refractivity contribution in [3.63, 3.8) is 0 Å². The Morgan fingerprint density at radius 2 is 1.59 bits per heavy atom. The number of nitrogens with one attached hydrogen (secondary N) is 2. The molecule has 0 saturated heterocycles. The third-order valence-electron chi connectivity index (χ3n) is 3.77. The first-order valence-corrected chi connectivity index (χ1v) is 7.46. The smallest absolute Gasteiger partial charge is 0.00437 e. The first-order chi connectivity index (χ1) is 7.97. The van der Waals surface area contributed by atoms with Gasteiger partial charge in [-0.25, -0.2) is 0 Å². The zero-order valence-electron chi connectivity index (χ0n) is 12.4. The fourth-order valence-corrected chi connectivity index (χ4v) is 3.12. The van der Waals surface area contributed by atoms with E-state index in [1.807, 2.05) is 0 Å². The van der Waals surface area contributed by atoms with E-state index in [4.69, 9.17) is 0 Å². The second-order valence-electron chi connectivity index (χ2n) is 6.57. The van der Waals surface area contributed by atoms with Crippen LogP contribution in [0, 0.1) is 11.8 Å². The molecule has 2 heteroatoms. The Kier molecular flexibility index (Phi) is 6.50. The van der Waals surface area contributed by atoms with Crippen LogP contribution < -0.4 is 10.6 Å². The van der Waals surface area contributed by atoms with Crippen molar-refractivity contribution in [2.45, 2.75) is 78.4 Å². The van der Waals surface area contributed by atoms with Gasteiger partial charge >= 0.3 is 0 Å². The Bertz CT molecular complexity index is 201. The summed E-state index contributed by atoms with van der Waals surface area (Å²) < 4.78 is 0. The zero-order chi connectivity index (χ0) is 12.8. The van der Waals surface area contributed by atoms with Crippen LogP contribution in [-0.4, -0.2) is 24.7 Å². The van der Waals surface area contributed by atoms with Crippen LogP contribution >= 0.6 is 0 Å². The van der Waals surface area contributed by atoms with Gasteiger partial charge in [0.2, 0.25) is 0 Å². The molecule has 0 aromatic carbocycles. The molecule has 3 atom stereocenters.